The molecule has 1 rings (SSSR count). The van der Waals surface area contributed by atoms with Gasteiger partial charge in [0.15, 0.2) is 11.7 Å². The Morgan fingerprint density at radius 3 is 2.94 bits per heavy atom. The van der Waals surface area contributed by atoms with Crippen LogP contribution in [0.4, 0.5) is 0 Å². The fourth-order valence-electron chi connectivity index (χ4n) is 0.953. The van der Waals surface area contributed by atoms with Crippen molar-refractivity contribution >= 4 is 11.7 Å². The van der Waals surface area contributed by atoms with E-state index in [2.05, 4.69) is 20.6 Å². The molecule has 0 spiro atoms. The number of rotatable bonds is 4. The Hall–Kier alpha value is -2.12. The Morgan fingerprint density at radius 2 is 2.44 bits per heavy atom. The van der Waals surface area contributed by atoms with Crippen molar-refractivity contribution in [3.05, 3.63) is 11.7 Å². The van der Waals surface area contributed by atoms with Crippen LogP contribution in [0.5, 0.6) is 0 Å². The first kappa shape index (κ1) is 12.0. The van der Waals surface area contributed by atoms with Gasteiger partial charge in [-0.25, -0.2) is 0 Å². The average Bonchev–Trinajstić information content (AvgIpc) is 2.69. The summed E-state index contributed by atoms with van der Waals surface area (Å²) in [7, 11) is 0. The number of nitrogens with one attached hydrogen (secondary N) is 1. The Kier molecular flexibility index (Phi) is 3.81. The molecular weight excluding hydrogens is 214 g/mol. The number of amides is 1. The first-order chi connectivity index (χ1) is 7.54. The molecule has 8 nitrogen and oxygen atoms in total. The largest absolute Gasteiger partial charge is 0.409 e. The second-order valence-corrected chi connectivity index (χ2v) is 3.19. The normalized spacial score (nSPS) is 13.5. The molecule has 0 aliphatic heterocycles. The Morgan fingerprint density at radius 1 is 1.75 bits per heavy atom. The number of aromatic nitrogens is 2. The molecule has 1 atom stereocenters. The summed E-state index contributed by atoms with van der Waals surface area (Å²) >= 11 is 0. The van der Waals surface area contributed by atoms with Crippen LogP contribution in [0.25, 0.3) is 0 Å². The van der Waals surface area contributed by atoms with Crippen molar-refractivity contribution in [3.63, 3.8) is 0 Å². The predicted molar refractivity (Wildman–Crippen MR) is 53.5 cm³/mol. The van der Waals surface area contributed by atoms with Gasteiger partial charge in [0.25, 0.3) is 0 Å². The van der Waals surface area contributed by atoms with E-state index in [1.165, 1.54) is 6.92 Å². The summed E-state index contributed by atoms with van der Waals surface area (Å²) in [5, 5.41) is 17.3. The maximum Gasteiger partial charge on any atom is 0.230 e. The number of carbonyl (C=O) groups is 1. The van der Waals surface area contributed by atoms with E-state index in [4.69, 9.17) is 15.5 Å². The van der Waals surface area contributed by atoms with Crippen LogP contribution in [0.15, 0.2) is 9.68 Å². The minimum absolute atomic E-state index is 0.138. The van der Waals surface area contributed by atoms with Crippen molar-refractivity contribution in [2.45, 2.75) is 20.4 Å². The van der Waals surface area contributed by atoms with Crippen LogP contribution in [0.1, 0.15) is 18.6 Å². The van der Waals surface area contributed by atoms with Gasteiger partial charge in [0.05, 0.1) is 12.5 Å². The molecule has 0 fully saturated rings. The fourth-order valence-corrected chi connectivity index (χ4v) is 0.953. The molecule has 0 saturated heterocycles. The highest BCUT2D eigenvalue weighted by atomic mass is 16.5. The molecule has 0 aliphatic rings. The minimum atomic E-state index is -0.710. The molecule has 0 saturated carbocycles. The van der Waals surface area contributed by atoms with E-state index in [0.717, 1.165) is 0 Å². The van der Waals surface area contributed by atoms with Gasteiger partial charge >= 0.3 is 0 Å². The lowest BCUT2D eigenvalue weighted by atomic mass is 10.1. The molecule has 4 N–H and O–H groups in total. The van der Waals surface area contributed by atoms with Crippen LogP contribution in [0.2, 0.25) is 0 Å². The molecule has 88 valence electrons. The van der Waals surface area contributed by atoms with Crippen molar-refractivity contribution < 1.29 is 14.5 Å². The third kappa shape index (κ3) is 2.94. The molecule has 0 aromatic carbocycles. The summed E-state index contributed by atoms with van der Waals surface area (Å²) in [4.78, 5) is 15.4. The van der Waals surface area contributed by atoms with E-state index >= 15 is 0 Å². The van der Waals surface area contributed by atoms with Gasteiger partial charge in [-0.15, -0.1) is 0 Å². The standard InChI is InChI=1S/C8H13N5O3/c1-4(7(9)12-15)8(14)10-3-6-11-5(2)16-13-6/h4,15H,3H2,1-2H3,(H2,9,12)(H,10,14). The summed E-state index contributed by atoms with van der Waals surface area (Å²) in [5.74, 6) is -0.441. The highest BCUT2D eigenvalue weighted by Crippen LogP contribution is 1.97. The van der Waals surface area contributed by atoms with Crippen molar-refractivity contribution in [1.82, 2.24) is 15.5 Å². The van der Waals surface area contributed by atoms with Crippen molar-refractivity contribution in [2.24, 2.45) is 16.8 Å². The zero-order chi connectivity index (χ0) is 12.1. The molecule has 8 heteroatoms. The van der Waals surface area contributed by atoms with E-state index in [1.54, 1.807) is 6.92 Å². The van der Waals surface area contributed by atoms with Gasteiger partial charge in [-0.05, 0) is 6.92 Å². The molecule has 0 bridgehead atoms. The Balaban J connectivity index is 2.47. The number of nitrogens with zero attached hydrogens (tertiary/aromatic N) is 3. The highest BCUT2D eigenvalue weighted by molar-refractivity contribution is 6.01. The van der Waals surface area contributed by atoms with Crippen LogP contribution in [-0.4, -0.2) is 27.1 Å². The molecule has 1 heterocycles. The van der Waals surface area contributed by atoms with Crippen LogP contribution >= 0.6 is 0 Å². The third-order valence-electron chi connectivity index (χ3n) is 1.94. The predicted octanol–water partition coefficient (Wildman–Crippen LogP) is -0.623. The van der Waals surface area contributed by atoms with Gasteiger partial charge in [0.1, 0.15) is 0 Å². The van der Waals surface area contributed by atoms with Crippen molar-refractivity contribution in [1.29, 1.82) is 0 Å². The zero-order valence-electron chi connectivity index (χ0n) is 8.97. The summed E-state index contributed by atoms with van der Waals surface area (Å²) in [5.41, 5.74) is 5.28. The maximum absolute atomic E-state index is 11.5. The van der Waals surface area contributed by atoms with Crippen LogP contribution in [0, 0.1) is 12.8 Å². The highest BCUT2D eigenvalue weighted by Gasteiger charge is 2.17. The van der Waals surface area contributed by atoms with Gasteiger partial charge in [-0.2, -0.15) is 4.98 Å². The lowest BCUT2D eigenvalue weighted by Crippen LogP contribution is -2.37. The summed E-state index contributed by atoms with van der Waals surface area (Å²) < 4.78 is 4.73. The average molecular weight is 227 g/mol. The number of aryl methyl sites for hydroxylation is 1. The number of amidine groups is 1. The molecule has 1 unspecified atom stereocenters. The van der Waals surface area contributed by atoms with Crippen LogP contribution < -0.4 is 11.1 Å². The summed E-state index contributed by atoms with van der Waals surface area (Å²) in [6.07, 6.45) is 0. The maximum atomic E-state index is 11.5. The number of oxime groups is 1. The van der Waals surface area contributed by atoms with E-state index in [0.29, 0.717) is 11.7 Å². The zero-order valence-corrected chi connectivity index (χ0v) is 8.97. The monoisotopic (exact) mass is 227 g/mol. The minimum Gasteiger partial charge on any atom is -0.409 e. The molecule has 1 amide bonds. The van der Waals surface area contributed by atoms with Gasteiger partial charge in [0, 0.05) is 6.92 Å². The third-order valence-corrected chi connectivity index (χ3v) is 1.94. The molecule has 1 aromatic heterocycles. The SMILES string of the molecule is Cc1nc(CNC(=O)C(C)C(N)=NO)no1. The Labute approximate surface area is 91.5 Å². The van der Waals surface area contributed by atoms with Gasteiger partial charge in [-0.3, -0.25) is 4.79 Å². The topological polar surface area (TPSA) is 127 Å². The van der Waals surface area contributed by atoms with Crippen molar-refractivity contribution in [2.75, 3.05) is 0 Å². The number of hydrogen-bond donors (Lipinski definition) is 3. The van der Waals surface area contributed by atoms with Gasteiger partial charge in [-0.1, -0.05) is 10.3 Å². The molecular formula is C8H13N5O3. The summed E-state index contributed by atoms with van der Waals surface area (Å²) in [6, 6.07) is 0. The van der Waals surface area contributed by atoms with Crippen molar-refractivity contribution in [3.8, 4) is 0 Å². The second-order valence-electron chi connectivity index (χ2n) is 3.19. The van der Waals surface area contributed by atoms with Gasteiger partial charge in [0.2, 0.25) is 11.8 Å². The molecule has 1 aromatic rings. The number of hydrogen-bond acceptors (Lipinski definition) is 6. The van der Waals surface area contributed by atoms with Gasteiger partial charge < -0.3 is 20.8 Å². The molecule has 16 heavy (non-hydrogen) atoms. The van der Waals surface area contributed by atoms with Crippen LogP contribution in [-0.2, 0) is 11.3 Å². The van der Waals surface area contributed by atoms with E-state index in [-0.39, 0.29) is 18.3 Å². The molecule has 0 radical (unpaired) electrons. The summed E-state index contributed by atoms with van der Waals surface area (Å²) in [6.45, 7) is 3.31. The van der Waals surface area contributed by atoms with Crippen LogP contribution in [0.3, 0.4) is 0 Å². The first-order valence-electron chi connectivity index (χ1n) is 4.59. The smallest absolute Gasteiger partial charge is 0.230 e. The number of nitrogens with two attached hydrogens (primary N) is 1. The molecule has 0 aliphatic carbocycles. The Bertz CT molecular complexity index is 400. The number of carbonyl (C=O) groups excluding carboxylic acids is 1. The first-order valence-corrected chi connectivity index (χ1v) is 4.59. The lowest BCUT2D eigenvalue weighted by Gasteiger charge is -2.08. The van der Waals surface area contributed by atoms with E-state index in [1.807, 2.05) is 0 Å². The second kappa shape index (κ2) is 5.10. The van der Waals surface area contributed by atoms with E-state index < -0.39 is 5.92 Å². The van der Waals surface area contributed by atoms with E-state index in [9.17, 15) is 4.79 Å². The fraction of sp³-hybridized carbons (Fsp3) is 0.500. The quantitative estimate of drug-likeness (QED) is 0.272. The lowest BCUT2D eigenvalue weighted by molar-refractivity contribution is -0.122.